The van der Waals surface area contributed by atoms with Gasteiger partial charge in [-0.25, -0.2) is 0 Å². The van der Waals surface area contributed by atoms with Gasteiger partial charge in [-0.15, -0.1) is 0 Å². The Morgan fingerprint density at radius 1 is 0.933 bits per heavy atom. The molecule has 30 heavy (non-hydrogen) atoms. The molecule has 0 bridgehead atoms. The van der Waals surface area contributed by atoms with Gasteiger partial charge in [-0.1, -0.05) is 53.6 Å². The minimum atomic E-state index is -1.02. The lowest BCUT2D eigenvalue weighted by Crippen LogP contribution is -2.48. The first-order valence-corrected chi connectivity index (χ1v) is 9.91. The Morgan fingerprint density at radius 2 is 1.57 bits per heavy atom. The van der Waals surface area contributed by atoms with Crippen LogP contribution in [0.3, 0.4) is 0 Å². The number of fused-ring (bicyclic) bond motifs is 1. The van der Waals surface area contributed by atoms with Crippen LogP contribution in [0.2, 0.25) is 5.02 Å². The molecule has 1 aliphatic rings. The third-order valence-electron chi connectivity index (χ3n) is 5.08. The smallest absolute Gasteiger partial charge is 0.262 e. The van der Waals surface area contributed by atoms with E-state index in [1.807, 2.05) is 25.1 Å². The van der Waals surface area contributed by atoms with Gasteiger partial charge in [0.15, 0.2) is 0 Å². The van der Waals surface area contributed by atoms with Gasteiger partial charge >= 0.3 is 0 Å². The highest BCUT2D eigenvalue weighted by Crippen LogP contribution is 2.27. The molecule has 0 aliphatic carbocycles. The maximum atomic E-state index is 13.2. The molecule has 0 radical (unpaired) electrons. The van der Waals surface area contributed by atoms with E-state index in [0.717, 1.165) is 16.0 Å². The summed E-state index contributed by atoms with van der Waals surface area (Å²) in [7, 11) is 0. The number of carbonyl (C=O) groups is 3. The van der Waals surface area contributed by atoms with Gasteiger partial charge < -0.3 is 5.32 Å². The number of hydrogen-bond acceptors (Lipinski definition) is 3. The zero-order chi connectivity index (χ0) is 21.3. The van der Waals surface area contributed by atoms with Gasteiger partial charge in [0, 0.05) is 17.1 Å². The lowest BCUT2D eigenvalue weighted by atomic mass is 10.0. The van der Waals surface area contributed by atoms with Crippen molar-refractivity contribution < 1.29 is 14.4 Å². The number of anilines is 1. The predicted octanol–water partition coefficient (Wildman–Crippen LogP) is 4.49. The number of aryl methyl sites for hydroxylation is 1. The van der Waals surface area contributed by atoms with Crippen LogP contribution in [0.25, 0.3) is 0 Å². The van der Waals surface area contributed by atoms with Crippen LogP contribution in [-0.4, -0.2) is 28.7 Å². The van der Waals surface area contributed by atoms with E-state index in [1.54, 1.807) is 54.6 Å². The number of carbonyl (C=O) groups excluding carboxylic acids is 3. The highest BCUT2D eigenvalue weighted by molar-refractivity contribution is 6.30. The van der Waals surface area contributed by atoms with Crippen LogP contribution in [-0.2, 0) is 11.2 Å². The molecule has 6 heteroatoms. The van der Waals surface area contributed by atoms with Crippen molar-refractivity contribution in [2.24, 2.45) is 0 Å². The van der Waals surface area contributed by atoms with Crippen molar-refractivity contribution in [2.75, 3.05) is 5.32 Å². The van der Waals surface area contributed by atoms with Crippen LogP contribution in [0.5, 0.6) is 0 Å². The van der Waals surface area contributed by atoms with Crippen molar-refractivity contribution in [1.82, 2.24) is 4.90 Å². The Balaban J connectivity index is 1.68. The zero-order valence-electron chi connectivity index (χ0n) is 16.3. The normalized spacial score (nSPS) is 13.9. The quantitative estimate of drug-likeness (QED) is 0.620. The number of hydrogen-bond donors (Lipinski definition) is 1. The van der Waals surface area contributed by atoms with E-state index in [-0.39, 0.29) is 6.42 Å². The molecular weight excluding hydrogens is 400 g/mol. The fraction of sp³-hybridized carbons (Fsp3) is 0.125. The summed E-state index contributed by atoms with van der Waals surface area (Å²) in [6.07, 6.45) is 0.156. The van der Waals surface area contributed by atoms with E-state index in [1.165, 1.54) is 0 Å². The van der Waals surface area contributed by atoms with Crippen molar-refractivity contribution in [1.29, 1.82) is 0 Å². The minimum absolute atomic E-state index is 0.156. The number of amides is 3. The summed E-state index contributed by atoms with van der Waals surface area (Å²) < 4.78 is 0. The van der Waals surface area contributed by atoms with E-state index in [0.29, 0.717) is 21.8 Å². The van der Waals surface area contributed by atoms with E-state index in [2.05, 4.69) is 5.32 Å². The second-order valence-corrected chi connectivity index (χ2v) is 7.67. The molecule has 3 aromatic carbocycles. The van der Waals surface area contributed by atoms with Gasteiger partial charge in [-0.3, -0.25) is 19.3 Å². The molecule has 1 atom stereocenters. The summed E-state index contributed by atoms with van der Waals surface area (Å²) in [5, 5.41) is 3.35. The van der Waals surface area contributed by atoms with Crippen molar-refractivity contribution in [2.45, 2.75) is 19.4 Å². The number of halogens is 1. The fourth-order valence-corrected chi connectivity index (χ4v) is 3.75. The molecule has 150 valence electrons. The van der Waals surface area contributed by atoms with Crippen LogP contribution in [0.1, 0.15) is 31.8 Å². The van der Waals surface area contributed by atoms with E-state index >= 15 is 0 Å². The minimum Gasteiger partial charge on any atom is -0.324 e. The highest BCUT2D eigenvalue weighted by Gasteiger charge is 2.42. The van der Waals surface area contributed by atoms with Gasteiger partial charge in [0.25, 0.3) is 11.8 Å². The molecule has 1 heterocycles. The SMILES string of the molecule is Cc1ccc(NC(=O)C(Cc2cccc(Cl)c2)N2C(=O)c3ccccc3C2=O)cc1. The molecule has 1 unspecified atom stereocenters. The number of imide groups is 1. The summed E-state index contributed by atoms with van der Waals surface area (Å²) in [5.74, 6) is -1.38. The Morgan fingerprint density at radius 3 is 2.17 bits per heavy atom. The third kappa shape index (κ3) is 3.84. The number of benzene rings is 3. The molecular formula is C24H19ClN2O3. The van der Waals surface area contributed by atoms with Gasteiger partial charge in [0.1, 0.15) is 6.04 Å². The molecule has 5 nitrogen and oxygen atoms in total. The lowest BCUT2D eigenvalue weighted by Gasteiger charge is -2.25. The van der Waals surface area contributed by atoms with Crippen LogP contribution in [0.4, 0.5) is 5.69 Å². The molecule has 3 aromatic rings. The molecule has 1 aliphatic heterocycles. The summed E-state index contributed by atoms with van der Waals surface area (Å²) >= 11 is 6.09. The average molecular weight is 419 g/mol. The number of rotatable bonds is 5. The monoisotopic (exact) mass is 418 g/mol. The lowest BCUT2D eigenvalue weighted by molar-refractivity contribution is -0.119. The molecule has 0 aromatic heterocycles. The van der Waals surface area contributed by atoms with Gasteiger partial charge in [0.05, 0.1) is 11.1 Å². The van der Waals surface area contributed by atoms with Gasteiger partial charge in [-0.2, -0.15) is 0 Å². The predicted molar refractivity (Wildman–Crippen MR) is 116 cm³/mol. The maximum Gasteiger partial charge on any atom is 0.262 e. The van der Waals surface area contributed by atoms with Crippen molar-refractivity contribution in [3.63, 3.8) is 0 Å². The van der Waals surface area contributed by atoms with E-state index < -0.39 is 23.8 Å². The van der Waals surface area contributed by atoms with Gasteiger partial charge in [0.2, 0.25) is 5.91 Å². The standard InChI is InChI=1S/C24H19ClN2O3/c1-15-9-11-18(12-10-15)26-22(28)21(14-16-5-4-6-17(25)13-16)27-23(29)19-7-2-3-8-20(19)24(27)30/h2-13,21H,14H2,1H3,(H,26,28). The first-order valence-electron chi connectivity index (χ1n) is 9.53. The number of nitrogens with one attached hydrogen (secondary N) is 1. The van der Waals surface area contributed by atoms with Crippen LogP contribution in [0.15, 0.2) is 72.8 Å². The summed E-state index contributed by atoms with van der Waals surface area (Å²) in [6, 6.07) is 20.0. The molecule has 4 rings (SSSR count). The first kappa shape index (κ1) is 19.9. The van der Waals surface area contributed by atoms with Gasteiger partial charge in [-0.05, 0) is 48.9 Å². The molecule has 0 saturated heterocycles. The second-order valence-electron chi connectivity index (χ2n) is 7.23. The summed E-state index contributed by atoms with van der Waals surface area (Å²) in [4.78, 5) is 40.3. The Labute approximate surface area is 179 Å². The zero-order valence-corrected chi connectivity index (χ0v) is 17.0. The first-order chi connectivity index (χ1) is 14.4. The molecule has 3 amide bonds. The Hall–Kier alpha value is -3.44. The van der Waals surface area contributed by atoms with Crippen LogP contribution in [0, 0.1) is 6.92 Å². The highest BCUT2D eigenvalue weighted by atomic mass is 35.5. The molecule has 0 spiro atoms. The molecule has 0 saturated carbocycles. The summed E-state index contributed by atoms with van der Waals surface area (Å²) in [6.45, 7) is 1.95. The second kappa shape index (κ2) is 8.13. The van der Waals surface area contributed by atoms with E-state index in [4.69, 9.17) is 11.6 Å². The van der Waals surface area contributed by atoms with E-state index in [9.17, 15) is 14.4 Å². The molecule has 1 N–H and O–H groups in total. The number of nitrogens with zero attached hydrogens (tertiary/aromatic N) is 1. The Kier molecular flexibility index (Phi) is 5.38. The van der Waals surface area contributed by atoms with Crippen LogP contribution >= 0.6 is 11.6 Å². The van der Waals surface area contributed by atoms with Crippen molar-refractivity contribution >= 4 is 35.0 Å². The van der Waals surface area contributed by atoms with Crippen LogP contribution < -0.4 is 5.32 Å². The topological polar surface area (TPSA) is 66.5 Å². The largest absolute Gasteiger partial charge is 0.324 e. The Bertz CT molecular complexity index is 1110. The fourth-order valence-electron chi connectivity index (χ4n) is 3.54. The van der Waals surface area contributed by atoms with Crippen molar-refractivity contribution in [3.8, 4) is 0 Å². The average Bonchev–Trinajstić information content (AvgIpc) is 2.99. The van der Waals surface area contributed by atoms with Crippen molar-refractivity contribution in [3.05, 3.63) is 100 Å². The summed E-state index contributed by atoms with van der Waals surface area (Å²) in [5.41, 5.74) is 3.02. The maximum absolute atomic E-state index is 13.2. The molecule has 0 fully saturated rings. The third-order valence-corrected chi connectivity index (χ3v) is 5.31.